The maximum absolute atomic E-state index is 10.7. The van der Waals surface area contributed by atoms with E-state index in [9.17, 15) is 4.79 Å². The van der Waals surface area contributed by atoms with Gasteiger partial charge in [0.25, 0.3) is 0 Å². The number of hydrogen-bond donors (Lipinski definition) is 2. The van der Waals surface area contributed by atoms with Crippen molar-refractivity contribution in [2.75, 3.05) is 13.7 Å². The molecule has 88 valence electrons. The Morgan fingerprint density at radius 1 is 1.31 bits per heavy atom. The van der Waals surface area contributed by atoms with E-state index in [1.165, 1.54) is 0 Å². The molecule has 0 aliphatic rings. The van der Waals surface area contributed by atoms with Crippen molar-refractivity contribution in [3.63, 3.8) is 0 Å². The number of rotatable bonds is 6. The number of carbonyl (C=O) groups excluding carboxylic acids is 1. The molecule has 0 saturated heterocycles. The Labute approximate surface area is 94.3 Å². The van der Waals surface area contributed by atoms with Gasteiger partial charge in [-0.3, -0.25) is 4.79 Å². The SMILES string of the molecule is COc1ccc(OCCC(N)C(N)=O)cc1. The number of nitrogens with two attached hydrogens (primary N) is 2. The Kier molecular flexibility index (Phi) is 4.60. The third kappa shape index (κ3) is 3.78. The van der Waals surface area contributed by atoms with Gasteiger partial charge in [0.15, 0.2) is 0 Å². The molecule has 1 aromatic carbocycles. The third-order valence-electron chi connectivity index (χ3n) is 2.12. The van der Waals surface area contributed by atoms with E-state index in [1.807, 2.05) is 0 Å². The van der Waals surface area contributed by atoms with E-state index in [1.54, 1.807) is 31.4 Å². The predicted octanol–water partition coefficient (Wildman–Crippen LogP) is 0.277. The molecule has 0 saturated carbocycles. The van der Waals surface area contributed by atoms with Gasteiger partial charge in [0.05, 0.1) is 19.8 Å². The van der Waals surface area contributed by atoms with Gasteiger partial charge in [-0.25, -0.2) is 0 Å². The fourth-order valence-corrected chi connectivity index (χ4v) is 1.12. The van der Waals surface area contributed by atoms with Gasteiger partial charge in [-0.05, 0) is 24.3 Å². The molecule has 0 spiro atoms. The van der Waals surface area contributed by atoms with Crippen LogP contribution in [-0.2, 0) is 4.79 Å². The maximum Gasteiger partial charge on any atom is 0.234 e. The van der Waals surface area contributed by atoms with Crippen LogP contribution in [0.4, 0.5) is 0 Å². The summed E-state index contributed by atoms with van der Waals surface area (Å²) < 4.78 is 10.4. The van der Waals surface area contributed by atoms with Crippen LogP contribution in [-0.4, -0.2) is 25.7 Å². The molecule has 1 rings (SSSR count). The van der Waals surface area contributed by atoms with Gasteiger partial charge in [0, 0.05) is 6.42 Å². The lowest BCUT2D eigenvalue weighted by Gasteiger charge is -2.09. The van der Waals surface area contributed by atoms with Gasteiger partial charge in [-0.1, -0.05) is 0 Å². The van der Waals surface area contributed by atoms with Crippen LogP contribution in [0.1, 0.15) is 6.42 Å². The van der Waals surface area contributed by atoms with E-state index in [4.69, 9.17) is 20.9 Å². The molecule has 16 heavy (non-hydrogen) atoms. The predicted molar refractivity (Wildman–Crippen MR) is 60.3 cm³/mol. The van der Waals surface area contributed by atoms with Crippen LogP contribution in [0, 0.1) is 0 Å². The van der Waals surface area contributed by atoms with Crippen LogP contribution in [0.15, 0.2) is 24.3 Å². The van der Waals surface area contributed by atoms with Crippen molar-refractivity contribution < 1.29 is 14.3 Å². The molecule has 0 aliphatic heterocycles. The molecule has 5 nitrogen and oxygen atoms in total. The highest BCUT2D eigenvalue weighted by molar-refractivity contribution is 5.79. The molecule has 0 heterocycles. The first-order valence-electron chi connectivity index (χ1n) is 4.95. The van der Waals surface area contributed by atoms with E-state index < -0.39 is 11.9 Å². The summed E-state index contributed by atoms with van der Waals surface area (Å²) in [7, 11) is 1.60. The molecular weight excluding hydrogens is 208 g/mol. The van der Waals surface area contributed by atoms with Crippen LogP contribution >= 0.6 is 0 Å². The van der Waals surface area contributed by atoms with Crippen LogP contribution in [0.2, 0.25) is 0 Å². The van der Waals surface area contributed by atoms with E-state index in [0.717, 1.165) is 5.75 Å². The topological polar surface area (TPSA) is 87.6 Å². The van der Waals surface area contributed by atoms with Crippen molar-refractivity contribution in [3.05, 3.63) is 24.3 Å². The highest BCUT2D eigenvalue weighted by atomic mass is 16.5. The van der Waals surface area contributed by atoms with Crippen LogP contribution in [0.25, 0.3) is 0 Å². The molecule has 1 atom stereocenters. The lowest BCUT2D eigenvalue weighted by molar-refractivity contribution is -0.119. The smallest absolute Gasteiger partial charge is 0.234 e. The second-order valence-corrected chi connectivity index (χ2v) is 3.32. The van der Waals surface area contributed by atoms with E-state index in [0.29, 0.717) is 18.8 Å². The monoisotopic (exact) mass is 224 g/mol. The Morgan fingerprint density at radius 2 is 1.88 bits per heavy atom. The zero-order chi connectivity index (χ0) is 12.0. The van der Waals surface area contributed by atoms with Gasteiger partial charge < -0.3 is 20.9 Å². The van der Waals surface area contributed by atoms with Crippen molar-refractivity contribution in [2.45, 2.75) is 12.5 Å². The molecular formula is C11H16N2O3. The first kappa shape index (κ1) is 12.3. The molecule has 0 fully saturated rings. The molecule has 4 N–H and O–H groups in total. The fraction of sp³-hybridized carbons (Fsp3) is 0.364. The van der Waals surface area contributed by atoms with E-state index in [2.05, 4.69) is 0 Å². The van der Waals surface area contributed by atoms with Gasteiger partial charge in [-0.15, -0.1) is 0 Å². The van der Waals surface area contributed by atoms with Crippen molar-refractivity contribution in [2.24, 2.45) is 11.5 Å². The molecule has 1 amide bonds. The average molecular weight is 224 g/mol. The summed E-state index contributed by atoms with van der Waals surface area (Å²) in [5.41, 5.74) is 10.5. The third-order valence-corrected chi connectivity index (χ3v) is 2.12. The minimum atomic E-state index is -0.654. The number of ether oxygens (including phenoxy) is 2. The Morgan fingerprint density at radius 3 is 2.38 bits per heavy atom. The quantitative estimate of drug-likeness (QED) is 0.726. The van der Waals surface area contributed by atoms with Crippen LogP contribution < -0.4 is 20.9 Å². The minimum absolute atomic E-state index is 0.358. The highest BCUT2D eigenvalue weighted by Crippen LogP contribution is 2.17. The molecule has 0 radical (unpaired) electrons. The first-order chi connectivity index (χ1) is 7.63. The molecule has 0 aliphatic carbocycles. The maximum atomic E-state index is 10.7. The average Bonchev–Trinajstić information content (AvgIpc) is 2.29. The van der Waals surface area contributed by atoms with Crippen molar-refractivity contribution in [1.29, 1.82) is 0 Å². The minimum Gasteiger partial charge on any atom is -0.497 e. The summed E-state index contributed by atoms with van der Waals surface area (Å²) in [6, 6.07) is 6.51. The molecule has 0 bridgehead atoms. The van der Waals surface area contributed by atoms with Crippen molar-refractivity contribution >= 4 is 5.91 Å². The summed E-state index contributed by atoms with van der Waals surface area (Å²) in [5.74, 6) is 0.956. The standard InChI is InChI=1S/C11H16N2O3/c1-15-8-2-4-9(5-3-8)16-7-6-10(12)11(13)14/h2-5,10H,6-7,12H2,1H3,(H2,13,14). The fourth-order valence-electron chi connectivity index (χ4n) is 1.12. The zero-order valence-corrected chi connectivity index (χ0v) is 9.18. The lowest BCUT2D eigenvalue weighted by Crippen LogP contribution is -2.37. The van der Waals surface area contributed by atoms with E-state index >= 15 is 0 Å². The summed E-state index contributed by atoms with van der Waals surface area (Å²) in [5, 5.41) is 0. The van der Waals surface area contributed by atoms with Gasteiger partial charge >= 0.3 is 0 Å². The Hall–Kier alpha value is -1.75. The van der Waals surface area contributed by atoms with Gasteiger partial charge in [0.2, 0.25) is 5.91 Å². The second kappa shape index (κ2) is 5.97. The van der Waals surface area contributed by atoms with Crippen molar-refractivity contribution in [1.82, 2.24) is 0 Å². The number of amides is 1. The van der Waals surface area contributed by atoms with Crippen LogP contribution in [0.5, 0.6) is 11.5 Å². The molecule has 5 heteroatoms. The normalized spacial score (nSPS) is 11.9. The number of primary amides is 1. The number of hydrogen-bond acceptors (Lipinski definition) is 4. The van der Waals surface area contributed by atoms with E-state index in [-0.39, 0.29) is 0 Å². The molecule has 1 aromatic rings. The largest absolute Gasteiger partial charge is 0.497 e. The van der Waals surface area contributed by atoms with Crippen LogP contribution in [0.3, 0.4) is 0 Å². The van der Waals surface area contributed by atoms with Crippen molar-refractivity contribution in [3.8, 4) is 11.5 Å². The lowest BCUT2D eigenvalue weighted by atomic mass is 10.2. The highest BCUT2D eigenvalue weighted by Gasteiger charge is 2.08. The summed E-state index contributed by atoms with van der Waals surface area (Å²) in [6.07, 6.45) is 0.404. The molecule has 1 unspecified atom stereocenters. The summed E-state index contributed by atoms with van der Waals surface area (Å²) in [4.78, 5) is 10.7. The Bertz CT molecular complexity index is 338. The summed E-state index contributed by atoms with van der Waals surface area (Å²) >= 11 is 0. The van der Waals surface area contributed by atoms with Gasteiger partial charge in [0.1, 0.15) is 11.5 Å². The summed E-state index contributed by atoms with van der Waals surface area (Å²) in [6.45, 7) is 0.358. The number of carbonyl (C=O) groups is 1. The van der Waals surface area contributed by atoms with Gasteiger partial charge in [-0.2, -0.15) is 0 Å². The second-order valence-electron chi connectivity index (χ2n) is 3.32. The molecule has 0 aromatic heterocycles. The first-order valence-corrected chi connectivity index (χ1v) is 4.95. The zero-order valence-electron chi connectivity index (χ0n) is 9.18. The Balaban J connectivity index is 2.34. The number of benzene rings is 1. The number of methoxy groups -OCH3 is 1.